The standard InChI is InChI=1S/C35H44Cl2N8O3/c1-19-17-44(18-31(47)40-19)34(42-28-13-22-12-26(20(28)2)35(22,3)4)41-24-8-9-25-29(15-24)43-33(39-16-30(46)38-5)45(32(25)48)11-10-21-6-7-23(36)14-27(21)37/h6-9,14-15,19-20,22,26,28H,10-13,16-18H2,1-5H3,(H,38,46)(H,39,43)(H,40,47)(H,41,42)/t19-,20?,22?,26+,28?/m0/s1. The molecule has 11 nitrogen and oxygen atoms in total. The van der Waals surface area contributed by atoms with Gasteiger partial charge < -0.3 is 26.2 Å². The number of guanidine groups is 1. The molecule has 4 N–H and O–H groups in total. The zero-order chi connectivity index (χ0) is 34.3. The van der Waals surface area contributed by atoms with E-state index in [0.717, 1.165) is 12.0 Å². The molecule has 4 aliphatic rings. The highest BCUT2D eigenvalue weighted by atomic mass is 35.5. The maximum atomic E-state index is 13.9. The van der Waals surface area contributed by atoms with Crippen molar-refractivity contribution in [1.29, 1.82) is 0 Å². The predicted octanol–water partition coefficient (Wildman–Crippen LogP) is 4.76. The van der Waals surface area contributed by atoms with Gasteiger partial charge in [0.25, 0.3) is 5.56 Å². The molecule has 2 aromatic carbocycles. The van der Waals surface area contributed by atoms with Crippen molar-refractivity contribution in [3.05, 3.63) is 62.4 Å². The minimum Gasteiger partial charge on any atom is -0.358 e. The van der Waals surface area contributed by atoms with E-state index in [2.05, 4.69) is 42.0 Å². The highest BCUT2D eigenvalue weighted by molar-refractivity contribution is 6.35. The Balaban J connectivity index is 1.33. The Morgan fingerprint density at radius 3 is 2.60 bits per heavy atom. The number of rotatable bonds is 8. The normalized spacial score (nSPS) is 24.9. The van der Waals surface area contributed by atoms with E-state index >= 15 is 0 Å². The van der Waals surface area contributed by atoms with E-state index in [1.807, 2.05) is 30.0 Å². The number of nitrogens with zero attached hydrogens (tertiary/aromatic N) is 4. The van der Waals surface area contributed by atoms with Crippen LogP contribution in [0.25, 0.3) is 10.9 Å². The van der Waals surface area contributed by atoms with Gasteiger partial charge in [0, 0.05) is 41.9 Å². The van der Waals surface area contributed by atoms with Crippen LogP contribution in [0.2, 0.25) is 10.0 Å². The molecule has 3 aliphatic carbocycles. The van der Waals surface area contributed by atoms with Crippen LogP contribution in [0, 0.1) is 23.2 Å². The summed E-state index contributed by atoms with van der Waals surface area (Å²) in [4.78, 5) is 50.8. The Morgan fingerprint density at radius 2 is 1.92 bits per heavy atom. The molecule has 1 saturated heterocycles. The second-order valence-corrected chi connectivity index (χ2v) is 14.9. The van der Waals surface area contributed by atoms with Crippen LogP contribution in [-0.2, 0) is 22.6 Å². The molecular formula is C35H44Cl2N8O3. The van der Waals surface area contributed by atoms with Crippen molar-refractivity contribution in [3.63, 3.8) is 0 Å². The molecule has 7 rings (SSSR count). The quantitative estimate of drug-likeness (QED) is 0.197. The van der Waals surface area contributed by atoms with E-state index < -0.39 is 0 Å². The SMILES string of the molecule is CNC(=O)CNc1nc2cc(NC(=NC3CC4C[C@H](C3C)C4(C)C)N3CC(=O)N[C@@H](C)C3)ccc2c(=O)n1CCc1ccc(Cl)cc1Cl. The number of nitrogens with one attached hydrogen (secondary N) is 4. The Labute approximate surface area is 290 Å². The number of piperazine rings is 1. The van der Waals surface area contributed by atoms with Gasteiger partial charge in [0.1, 0.15) is 0 Å². The van der Waals surface area contributed by atoms with Crippen molar-refractivity contribution in [1.82, 2.24) is 25.1 Å². The summed E-state index contributed by atoms with van der Waals surface area (Å²) in [7, 11) is 1.55. The average Bonchev–Trinajstić information content (AvgIpc) is 3.03. The summed E-state index contributed by atoms with van der Waals surface area (Å²) in [5.74, 6) is 2.32. The molecule has 3 unspecified atom stereocenters. The minimum atomic E-state index is -0.246. The first-order valence-electron chi connectivity index (χ1n) is 16.7. The fourth-order valence-corrected chi connectivity index (χ4v) is 8.22. The van der Waals surface area contributed by atoms with Crippen LogP contribution in [0.15, 0.2) is 46.2 Å². The van der Waals surface area contributed by atoms with E-state index in [4.69, 9.17) is 33.2 Å². The fourth-order valence-electron chi connectivity index (χ4n) is 7.71. The van der Waals surface area contributed by atoms with Gasteiger partial charge in [-0.3, -0.25) is 19.0 Å². The highest BCUT2D eigenvalue weighted by Gasteiger charge is 2.56. The summed E-state index contributed by atoms with van der Waals surface area (Å²) in [6.07, 6.45) is 2.73. The van der Waals surface area contributed by atoms with Crippen LogP contribution in [0.1, 0.15) is 46.1 Å². The van der Waals surface area contributed by atoms with Crippen LogP contribution in [0.3, 0.4) is 0 Å². The first kappa shape index (κ1) is 34.0. The zero-order valence-electron chi connectivity index (χ0n) is 28.1. The molecule has 5 atom stereocenters. The number of carbonyl (C=O) groups excluding carboxylic acids is 2. The molecule has 1 aliphatic heterocycles. The molecule has 48 heavy (non-hydrogen) atoms. The van der Waals surface area contributed by atoms with Gasteiger partial charge in [-0.15, -0.1) is 0 Å². The second kappa shape index (κ2) is 13.6. The fraction of sp³-hybridized carbons (Fsp3) is 0.514. The summed E-state index contributed by atoms with van der Waals surface area (Å²) in [5, 5.41) is 13.6. The monoisotopic (exact) mass is 694 g/mol. The Morgan fingerprint density at radius 1 is 1.12 bits per heavy atom. The molecule has 2 heterocycles. The van der Waals surface area contributed by atoms with Gasteiger partial charge in [0.15, 0.2) is 5.96 Å². The van der Waals surface area contributed by atoms with E-state index in [-0.39, 0.29) is 55.0 Å². The zero-order valence-corrected chi connectivity index (χ0v) is 29.6. The van der Waals surface area contributed by atoms with Crippen LogP contribution in [-0.4, -0.2) is 71.0 Å². The number of carbonyl (C=O) groups is 2. The number of halogens is 2. The maximum absolute atomic E-state index is 13.9. The van der Waals surface area contributed by atoms with Crippen molar-refractivity contribution in [2.75, 3.05) is 37.3 Å². The van der Waals surface area contributed by atoms with Gasteiger partial charge in [0.2, 0.25) is 17.8 Å². The number of anilines is 2. The number of likely N-dealkylation sites (N-methyl/N-ethyl adjacent to an activating group) is 1. The molecule has 4 fully saturated rings. The first-order valence-corrected chi connectivity index (χ1v) is 17.4. The summed E-state index contributed by atoms with van der Waals surface area (Å²) in [6, 6.07) is 10.8. The van der Waals surface area contributed by atoms with Gasteiger partial charge >= 0.3 is 0 Å². The van der Waals surface area contributed by atoms with Crippen LogP contribution in [0.4, 0.5) is 11.6 Å². The van der Waals surface area contributed by atoms with Gasteiger partial charge in [-0.2, -0.15) is 0 Å². The van der Waals surface area contributed by atoms with Crippen LogP contribution < -0.4 is 26.8 Å². The lowest BCUT2D eigenvalue weighted by molar-refractivity contribution is -0.124. The summed E-state index contributed by atoms with van der Waals surface area (Å²) < 4.78 is 1.53. The molecule has 256 valence electrons. The van der Waals surface area contributed by atoms with Gasteiger partial charge in [-0.05, 0) is 85.3 Å². The third kappa shape index (κ3) is 6.85. The molecule has 1 aromatic heterocycles. The van der Waals surface area contributed by atoms with Gasteiger partial charge in [-0.1, -0.05) is 50.0 Å². The predicted molar refractivity (Wildman–Crippen MR) is 192 cm³/mol. The van der Waals surface area contributed by atoms with Crippen molar-refractivity contribution < 1.29 is 9.59 Å². The van der Waals surface area contributed by atoms with Crippen LogP contribution in [0.5, 0.6) is 0 Å². The highest BCUT2D eigenvalue weighted by Crippen LogP contribution is 2.61. The summed E-state index contributed by atoms with van der Waals surface area (Å²) in [5.41, 5.74) is 2.09. The second-order valence-electron chi connectivity index (χ2n) is 14.1. The average molecular weight is 696 g/mol. The maximum Gasteiger partial charge on any atom is 0.262 e. The number of hydrogen-bond acceptors (Lipinski definition) is 6. The van der Waals surface area contributed by atoms with Gasteiger partial charge in [0.05, 0.1) is 30.0 Å². The largest absolute Gasteiger partial charge is 0.358 e. The summed E-state index contributed by atoms with van der Waals surface area (Å²) in [6.45, 7) is 10.1. The molecule has 0 spiro atoms. The number of aliphatic imine (C=N–C) groups is 1. The third-order valence-corrected chi connectivity index (χ3v) is 11.2. The van der Waals surface area contributed by atoms with Crippen molar-refractivity contribution in [2.24, 2.45) is 28.2 Å². The number of hydrogen-bond donors (Lipinski definition) is 4. The Kier molecular flexibility index (Phi) is 9.64. The molecular weight excluding hydrogens is 651 g/mol. The van der Waals surface area contributed by atoms with E-state index in [9.17, 15) is 14.4 Å². The van der Waals surface area contributed by atoms with E-state index in [0.29, 0.717) is 68.7 Å². The lowest BCUT2D eigenvalue weighted by Gasteiger charge is -2.61. The van der Waals surface area contributed by atoms with Crippen molar-refractivity contribution in [2.45, 2.75) is 65.6 Å². The molecule has 13 heteroatoms. The topological polar surface area (TPSA) is 133 Å². The lowest BCUT2D eigenvalue weighted by Crippen LogP contribution is -2.58. The number of fused-ring (bicyclic) bond motifs is 3. The Hall–Kier alpha value is -3.83. The van der Waals surface area contributed by atoms with E-state index in [1.54, 1.807) is 25.2 Å². The number of aromatic nitrogens is 2. The molecule has 3 aromatic rings. The minimum absolute atomic E-state index is 0.0252. The van der Waals surface area contributed by atoms with Crippen LogP contribution >= 0.6 is 23.2 Å². The smallest absolute Gasteiger partial charge is 0.262 e. The lowest BCUT2D eigenvalue weighted by atomic mass is 9.45. The van der Waals surface area contributed by atoms with Crippen molar-refractivity contribution in [3.8, 4) is 0 Å². The molecule has 0 radical (unpaired) electrons. The number of benzene rings is 2. The third-order valence-electron chi connectivity index (χ3n) is 10.7. The Bertz CT molecular complexity index is 1830. The number of amides is 2. The van der Waals surface area contributed by atoms with Gasteiger partial charge in [-0.25, -0.2) is 9.98 Å². The van der Waals surface area contributed by atoms with E-state index in [1.165, 1.54) is 11.0 Å². The molecule has 3 saturated carbocycles. The molecule has 2 amide bonds. The first-order chi connectivity index (χ1) is 22.8. The number of aryl methyl sites for hydroxylation is 1. The summed E-state index contributed by atoms with van der Waals surface area (Å²) >= 11 is 12.5. The van der Waals surface area contributed by atoms with Crippen molar-refractivity contribution >= 4 is 63.5 Å². The molecule has 2 bridgehead atoms.